The van der Waals surface area contributed by atoms with Gasteiger partial charge in [-0.15, -0.1) is 0 Å². The van der Waals surface area contributed by atoms with Gasteiger partial charge in [0, 0.05) is 24.7 Å². The number of likely N-dealkylation sites (tertiary alicyclic amines) is 1. The molecule has 1 aliphatic rings. The molecule has 0 saturated carbocycles. The molecule has 1 saturated heterocycles. The van der Waals surface area contributed by atoms with Crippen molar-refractivity contribution in [2.75, 3.05) is 13.1 Å². The largest absolute Gasteiger partial charge is 0.444 e. The van der Waals surface area contributed by atoms with Crippen LogP contribution in [-0.2, 0) is 4.74 Å². The summed E-state index contributed by atoms with van der Waals surface area (Å²) in [5.41, 5.74) is 10.7. The number of H-pyrrole nitrogens is 1. The molecule has 0 bridgehead atoms. The number of hydrogen-bond donors (Lipinski definition) is 2. The average Bonchev–Trinajstić information content (AvgIpc) is 3.15. The SMILES string of the molecule is CC(C)(C)OC(=O)N1CCC(=Cc2c[nH]c3c(C(N)=O)cc(-c4ccccc4)cc23)CC1. The van der Waals surface area contributed by atoms with Gasteiger partial charge in [0.2, 0.25) is 0 Å². The topological polar surface area (TPSA) is 88.4 Å². The number of carbonyl (C=O) groups is 2. The number of nitrogens with two attached hydrogens (primary N) is 1. The van der Waals surface area contributed by atoms with Crippen LogP contribution < -0.4 is 5.73 Å². The number of nitrogens with one attached hydrogen (secondary N) is 1. The third-order valence-electron chi connectivity index (χ3n) is 5.61. The van der Waals surface area contributed by atoms with Crippen molar-refractivity contribution in [2.45, 2.75) is 39.2 Å². The minimum absolute atomic E-state index is 0.262. The number of primary amides is 1. The first-order valence-electron chi connectivity index (χ1n) is 10.9. The fourth-order valence-electron chi connectivity index (χ4n) is 4.03. The van der Waals surface area contributed by atoms with E-state index >= 15 is 0 Å². The van der Waals surface area contributed by atoms with Gasteiger partial charge in [-0.2, -0.15) is 0 Å². The first-order chi connectivity index (χ1) is 15.2. The Hall–Kier alpha value is -3.54. The zero-order valence-corrected chi connectivity index (χ0v) is 18.8. The molecule has 0 radical (unpaired) electrons. The molecule has 32 heavy (non-hydrogen) atoms. The normalized spacial score (nSPS) is 14.5. The number of aromatic amines is 1. The Morgan fingerprint density at radius 1 is 1.06 bits per heavy atom. The molecule has 3 aromatic rings. The molecule has 6 nitrogen and oxygen atoms in total. The minimum atomic E-state index is -0.494. The van der Waals surface area contributed by atoms with E-state index in [0.717, 1.165) is 40.4 Å². The lowest BCUT2D eigenvalue weighted by molar-refractivity contribution is 0.0236. The van der Waals surface area contributed by atoms with Crippen molar-refractivity contribution in [3.63, 3.8) is 0 Å². The first-order valence-corrected chi connectivity index (χ1v) is 10.9. The number of nitrogens with zero attached hydrogens (tertiary/aromatic N) is 1. The van der Waals surface area contributed by atoms with Gasteiger partial charge in [0.05, 0.1) is 11.1 Å². The standard InChI is InChI=1S/C26H29N3O3/c1-26(2,3)32-25(31)29-11-9-17(10-12-29)13-20-16-28-23-21(20)14-19(15-22(23)24(27)30)18-7-5-4-6-8-18/h4-8,13-16,28H,9-12H2,1-3H3,(H2,27,30). The van der Waals surface area contributed by atoms with Crippen LogP contribution in [0.15, 0.2) is 54.2 Å². The van der Waals surface area contributed by atoms with Crippen molar-refractivity contribution in [3.05, 3.63) is 65.4 Å². The molecule has 0 aliphatic carbocycles. The maximum absolute atomic E-state index is 12.3. The predicted molar refractivity (Wildman–Crippen MR) is 127 cm³/mol. The molecule has 1 fully saturated rings. The van der Waals surface area contributed by atoms with Gasteiger partial charge in [-0.1, -0.05) is 42.0 Å². The smallest absolute Gasteiger partial charge is 0.410 e. The van der Waals surface area contributed by atoms with Crippen LogP contribution in [0.25, 0.3) is 28.1 Å². The highest BCUT2D eigenvalue weighted by molar-refractivity contribution is 6.08. The molecule has 0 unspecified atom stereocenters. The van der Waals surface area contributed by atoms with Crippen molar-refractivity contribution < 1.29 is 14.3 Å². The Kier molecular flexibility index (Phi) is 5.78. The van der Waals surface area contributed by atoms with E-state index in [1.807, 2.05) is 63.4 Å². The molecule has 1 aliphatic heterocycles. The van der Waals surface area contributed by atoms with Gasteiger partial charge in [0.15, 0.2) is 0 Å². The molecule has 1 aromatic heterocycles. The highest BCUT2D eigenvalue weighted by Gasteiger charge is 2.25. The maximum Gasteiger partial charge on any atom is 0.410 e. The third-order valence-corrected chi connectivity index (χ3v) is 5.61. The Labute approximate surface area is 188 Å². The lowest BCUT2D eigenvalue weighted by Gasteiger charge is -2.31. The molecule has 0 atom stereocenters. The van der Waals surface area contributed by atoms with Gasteiger partial charge in [0.25, 0.3) is 5.91 Å². The number of amides is 2. The molecule has 2 aromatic carbocycles. The van der Waals surface area contributed by atoms with E-state index in [9.17, 15) is 9.59 Å². The Morgan fingerprint density at radius 2 is 1.75 bits per heavy atom. The van der Waals surface area contributed by atoms with E-state index in [0.29, 0.717) is 18.7 Å². The monoisotopic (exact) mass is 431 g/mol. The molecule has 2 amide bonds. The highest BCUT2D eigenvalue weighted by atomic mass is 16.6. The van der Waals surface area contributed by atoms with Crippen LogP contribution in [0, 0.1) is 0 Å². The molecule has 4 rings (SSSR count). The number of carbonyl (C=O) groups excluding carboxylic acids is 2. The zero-order valence-electron chi connectivity index (χ0n) is 18.8. The quantitative estimate of drug-likeness (QED) is 0.586. The summed E-state index contributed by atoms with van der Waals surface area (Å²) in [6.45, 7) is 6.89. The Bertz CT molecular complexity index is 1180. The van der Waals surface area contributed by atoms with Crippen LogP contribution in [0.3, 0.4) is 0 Å². The fourth-order valence-corrected chi connectivity index (χ4v) is 4.03. The van der Waals surface area contributed by atoms with Gasteiger partial charge < -0.3 is 20.4 Å². The van der Waals surface area contributed by atoms with Crippen LogP contribution in [0.2, 0.25) is 0 Å². The Morgan fingerprint density at radius 3 is 2.38 bits per heavy atom. The van der Waals surface area contributed by atoms with E-state index < -0.39 is 11.5 Å². The van der Waals surface area contributed by atoms with Crippen LogP contribution >= 0.6 is 0 Å². The molecule has 166 valence electrons. The second-order valence-corrected chi connectivity index (χ2v) is 9.19. The van der Waals surface area contributed by atoms with Crippen molar-refractivity contribution in [1.82, 2.24) is 9.88 Å². The van der Waals surface area contributed by atoms with Gasteiger partial charge in [-0.05, 0) is 62.4 Å². The number of hydrogen-bond acceptors (Lipinski definition) is 3. The third kappa shape index (κ3) is 4.69. The van der Waals surface area contributed by atoms with E-state index in [-0.39, 0.29) is 6.09 Å². The first kappa shape index (κ1) is 21.7. The summed E-state index contributed by atoms with van der Waals surface area (Å²) in [5.74, 6) is -0.459. The zero-order chi connectivity index (χ0) is 22.9. The summed E-state index contributed by atoms with van der Waals surface area (Å²) in [6.07, 6.45) is 5.38. The van der Waals surface area contributed by atoms with Crippen LogP contribution in [-0.4, -0.2) is 40.6 Å². The number of fused-ring (bicyclic) bond motifs is 1. The van der Waals surface area contributed by atoms with Gasteiger partial charge in [0.1, 0.15) is 5.60 Å². The average molecular weight is 432 g/mol. The van der Waals surface area contributed by atoms with Gasteiger partial charge in [-0.25, -0.2) is 4.79 Å². The highest BCUT2D eigenvalue weighted by Crippen LogP contribution is 2.31. The second-order valence-electron chi connectivity index (χ2n) is 9.19. The van der Waals surface area contributed by atoms with Gasteiger partial charge >= 0.3 is 6.09 Å². The van der Waals surface area contributed by atoms with Gasteiger partial charge in [-0.3, -0.25) is 4.79 Å². The number of aromatic nitrogens is 1. The summed E-state index contributed by atoms with van der Waals surface area (Å²) in [6, 6.07) is 13.9. The molecular formula is C26H29N3O3. The summed E-state index contributed by atoms with van der Waals surface area (Å²) < 4.78 is 5.49. The van der Waals surface area contributed by atoms with E-state index in [1.165, 1.54) is 5.57 Å². The summed E-state index contributed by atoms with van der Waals surface area (Å²) >= 11 is 0. The molecule has 3 N–H and O–H groups in total. The number of rotatable bonds is 3. The molecular weight excluding hydrogens is 402 g/mol. The van der Waals surface area contributed by atoms with E-state index in [1.54, 1.807) is 4.90 Å². The molecule has 6 heteroatoms. The van der Waals surface area contributed by atoms with Crippen LogP contribution in [0.5, 0.6) is 0 Å². The molecule has 0 spiro atoms. The lowest BCUT2D eigenvalue weighted by atomic mass is 9.97. The predicted octanol–water partition coefficient (Wildman–Crippen LogP) is 5.35. The van der Waals surface area contributed by atoms with Crippen molar-refractivity contribution in [1.29, 1.82) is 0 Å². The summed E-state index contributed by atoms with van der Waals surface area (Å²) in [7, 11) is 0. The Balaban J connectivity index is 1.62. The summed E-state index contributed by atoms with van der Waals surface area (Å²) in [5, 5.41) is 0.960. The maximum atomic E-state index is 12.3. The van der Waals surface area contributed by atoms with Crippen molar-refractivity contribution in [2.24, 2.45) is 5.73 Å². The number of piperidine rings is 1. The number of ether oxygens (including phenoxy) is 1. The number of benzene rings is 2. The van der Waals surface area contributed by atoms with Crippen molar-refractivity contribution in [3.8, 4) is 11.1 Å². The lowest BCUT2D eigenvalue weighted by Crippen LogP contribution is -2.40. The minimum Gasteiger partial charge on any atom is -0.444 e. The van der Waals surface area contributed by atoms with Crippen LogP contribution in [0.4, 0.5) is 4.79 Å². The molecule has 2 heterocycles. The summed E-state index contributed by atoms with van der Waals surface area (Å²) in [4.78, 5) is 29.4. The van der Waals surface area contributed by atoms with E-state index in [4.69, 9.17) is 10.5 Å². The van der Waals surface area contributed by atoms with Crippen LogP contribution in [0.1, 0.15) is 49.5 Å². The fraction of sp³-hybridized carbons (Fsp3) is 0.308. The second kappa shape index (κ2) is 8.54. The van der Waals surface area contributed by atoms with Crippen molar-refractivity contribution >= 4 is 29.0 Å². The van der Waals surface area contributed by atoms with E-state index in [2.05, 4.69) is 17.1 Å².